The van der Waals surface area contributed by atoms with Gasteiger partial charge in [-0.25, -0.2) is 9.18 Å². The molecule has 11 heteroatoms. The molecule has 0 spiro atoms. The third kappa shape index (κ3) is 7.93. The molecular formula is C28H27BrClFN4O4. The van der Waals surface area contributed by atoms with Crippen molar-refractivity contribution in [2.45, 2.75) is 25.4 Å². The standard InChI is InChI=1S/C28H27BrClFN4O4/c1-34(17-18-5-6-19(29)15-25(18)39-24-4-2-3-20(30)16-24)26(36)27(37)35-13-11-23(12-14-35)33-28(38)32-22-9-7-21(31)8-10-22/h2-10,15-16,23H,11-14,17H2,1H3,(H2,32,33,38). The highest BCUT2D eigenvalue weighted by molar-refractivity contribution is 9.10. The Hall–Kier alpha value is -3.63. The molecule has 204 valence electrons. The van der Waals surface area contributed by atoms with E-state index in [1.54, 1.807) is 37.4 Å². The number of benzene rings is 3. The van der Waals surface area contributed by atoms with E-state index in [9.17, 15) is 18.8 Å². The predicted octanol–water partition coefficient (Wildman–Crippen LogP) is 5.81. The van der Waals surface area contributed by atoms with Crippen molar-refractivity contribution in [3.05, 3.63) is 87.6 Å². The van der Waals surface area contributed by atoms with Crippen LogP contribution in [0.3, 0.4) is 0 Å². The molecule has 1 saturated heterocycles. The van der Waals surface area contributed by atoms with Crippen molar-refractivity contribution in [1.29, 1.82) is 0 Å². The van der Waals surface area contributed by atoms with Gasteiger partial charge in [0.2, 0.25) is 0 Å². The van der Waals surface area contributed by atoms with Crippen LogP contribution in [0.25, 0.3) is 0 Å². The SMILES string of the molecule is CN(Cc1ccc(Br)cc1Oc1cccc(Cl)c1)C(=O)C(=O)N1CCC(NC(=O)Nc2ccc(F)cc2)CC1. The van der Waals surface area contributed by atoms with Crippen LogP contribution in [0.1, 0.15) is 18.4 Å². The van der Waals surface area contributed by atoms with E-state index in [1.165, 1.54) is 34.1 Å². The highest BCUT2D eigenvalue weighted by atomic mass is 79.9. The van der Waals surface area contributed by atoms with Gasteiger partial charge >= 0.3 is 17.8 Å². The largest absolute Gasteiger partial charge is 0.457 e. The molecule has 1 aliphatic rings. The third-order valence-electron chi connectivity index (χ3n) is 6.21. The maximum Gasteiger partial charge on any atom is 0.319 e. The minimum Gasteiger partial charge on any atom is -0.457 e. The van der Waals surface area contributed by atoms with E-state index in [0.29, 0.717) is 48.1 Å². The Morgan fingerprint density at radius 1 is 1.08 bits per heavy atom. The normalized spacial score (nSPS) is 13.5. The molecule has 1 heterocycles. The van der Waals surface area contributed by atoms with Gasteiger partial charge in [-0.2, -0.15) is 0 Å². The number of ether oxygens (including phenoxy) is 1. The second kappa shape index (κ2) is 12.9. The molecule has 8 nitrogen and oxygen atoms in total. The maximum absolute atomic E-state index is 13.0. The van der Waals surface area contributed by atoms with Crippen LogP contribution in [0.2, 0.25) is 5.02 Å². The number of nitrogens with one attached hydrogen (secondary N) is 2. The average molecular weight is 618 g/mol. The lowest BCUT2D eigenvalue weighted by molar-refractivity contribution is -0.152. The summed E-state index contributed by atoms with van der Waals surface area (Å²) >= 11 is 9.51. The molecular weight excluding hydrogens is 591 g/mol. The molecule has 0 aliphatic carbocycles. The number of amides is 4. The fourth-order valence-corrected chi connectivity index (χ4v) is 4.67. The molecule has 3 aromatic rings. The van der Waals surface area contributed by atoms with Crippen LogP contribution in [0.4, 0.5) is 14.9 Å². The van der Waals surface area contributed by atoms with Crippen molar-refractivity contribution in [2.75, 3.05) is 25.5 Å². The van der Waals surface area contributed by atoms with Crippen molar-refractivity contribution < 1.29 is 23.5 Å². The smallest absolute Gasteiger partial charge is 0.319 e. The van der Waals surface area contributed by atoms with Crippen molar-refractivity contribution >= 4 is 51.1 Å². The number of hydrogen-bond donors (Lipinski definition) is 2. The van der Waals surface area contributed by atoms with Gasteiger partial charge in [0.05, 0.1) is 0 Å². The lowest BCUT2D eigenvalue weighted by Crippen LogP contribution is -2.51. The second-order valence-electron chi connectivity index (χ2n) is 9.14. The fraction of sp³-hybridized carbons (Fsp3) is 0.250. The number of nitrogens with zero attached hydrogens (tertiary/aromatic N) is 2. The molecule has 0 unspecified atom stereocenters. The molecule has 4 amide bonds. The molecule has 0 bridgehead atoms. The molecule has 3 aromatic carbocycles. The molecule has 0 saturated carbocycles. The molecule has 4 rings (SSSR count). The molecule has 1 fully saturated rings. The van der Waals surface area contributed by atoms with Crippen molar-refractivity contribution in [1.82, 2.24) is 15.1 Å². The quantitative estimate of drug-likeness (QED) is 0.342. The summed E-state index contributed by atoms with van der Waals surface area (Å²) in [6.45, 7) is 0.831. The molecule has 39 heavy (non-hydrogen) atoms. The number of piperidine rings is 1. The van der Waals surface area contributed by atoms with E-state index in [-0.39, 0.29) is 18.4 Å². The van der Waals surface area contributed by atoms with Gasteiger partial charge in [-0.3, -0.25) is 9.59 Å². The second-order valence-corrected chi connectivity index (χ2v) is 10.5. The molecule has 0 aromatic heterocycles. The van der Waals surface area contributed by atoms with Gasteiger partial charge < -0.3 is 25.2 Å². The highest BCUT2D eigenvalue weighted by Gasteiger charge is 2.30. The first kappa shape index (κ1) is 28.4. The number of hydrogen-bond acceptors (Lipinski definition) is 4. The van der Waals surface area contributed by atoms with E-state index in [4.69, 9.17) is 16.3 Å². The summed E-state index contributed by atoms with van der Waals surface area (Å²) in [6.07, 6.45) is 1.01. The Morgan fingerprint density at radius 2 is 1.79 bits per heavy atom. The van der Waals surface area contributed by atoms with Crippen LogP contribution in [0, 0.1) is 5.82 Å². The minimum atomic E-state index is -0.632. The Kier molecular flexibility index (Phi) is 9.42. The maximum atomic E-state index is 13.0. The first-order valence-electron chi connectivity index (χ1n) is 12.3. The first-order chi connectivity index (χ1) is 18.7. The third-order valence-corrected chi connectivity index (χ3v) is 6.94. The van der Waals surface area contributed by atoms with Crippen molar-refractivity contribution in [3.63, 3.8) is 0 Å². The summed E-state index contributed by atoms with van der Waals surface area (Å²) in [7, 11) is 1.57. The van der Waals surface area contributed by atoms with Gasteiger partial charge in [0.1, 0.15) is 17.3 Å². The number of rotatable bonds is 6. The molecule has 2 N–H and O–H groups in total. The predicted molar refractivity (Wildman–Crippen MR) is 150 cm³/mol. The van der Waals surface area contributed by atoms with Crippen LogP contribution in [-0.4, -0.2) is 53.8 Å². The van der Waals surface area contributed by atoms with E-state index < -0.39 is 17.8 Å². The molecule has 1 aliphatic heterocycles. The molecule has 0 atom stereocenters. The van der Waals surface area contributed by atoms with Gasteiger partial charge in [-0.05, 0) is 67.4 Å². The van der Waals surface area contributed by atoms with Crippen molar-refractivity contribution in [3.8, 4) is 11.5 Å². The van der Waals surface area contributed by atoms with Crippen LogP contribution in [0.15, 0.2) is 71.2 Å². The van der Waals surface area contributed by atoms with E-state index in [0.717, 1.165) is 10.0 Å². The highest BCUT2D eigenvalue weighted by Crippen LogP contribution is 2.30. The summed E-state index contributed by atoms with van der Waals surface area (Å²) < 4.78 is 19.9. The number of likely N-dealkylation sites (tertiary alicyclic amines) is 1. The van der Waals surface area contributed by atoms with Gasteiger partial charge in [0, 0.05) is 53.5 Å². The topological polar surface area (TPSA) is 91.0 Å². The zero-order chi connectivity index (χ0) is 27.9. The van der Waals surface area contributed by atoms with Gasteiger partial charge in [0.25, 0.3) is 0 Å². The number of carbonyl (C=O) groups is 3. The Balaban J connectivity index is 1.29. The summed E-state index contributed by atoms with van der Waals surface area (Å²) in [6, 6.07) is 17.3. The minimum absolute atomic E-state index is 0.156. The van der Waals surface area contributed by atoms with E-state index in [2.05, 4.69) is 26.6 Å². The zero-order valence-electron chi connectivity index (χ0n) is 21.1. The van der Waals surface area contributed by atoms with Crippen LogP contribution in [0.5, 0.6) is 11.5 Å². The Bertz CT molecular complexity index is 1350. The summed E-state index contributed by atoms with van der Waals surface area (Å²) in [5.41, 5.74) is 1.19. The average Bonchev–Trinajstić information content (AvgIpc) is 2.91. The van der Waals surface area contributed by atoms with Gasteiger partial charge in [0.15, 0.2) is 0 Å². The number of likely N-dealkylation sites (N-methyl/N-ethyl adjacent to an activating group) is 1. The van der Waals surface area contributed by atoms with Crippen molar-refractivity contribution in [2.24, 2.45) is 0 Å². The number of carbonyl (C=O) groups excluding carboxylic acids is 3. The summed E-state index contributed by atoms with van der Waals surface area (Å²) in [4.78, 5) is 41.0. The van der Waals surface area contributed by atoms with Gasteiger partial charge in [-0.1, -0.05) is 39.7 Å². The number of halogens is 3. The Morgan fingerprint density at radius 3 is 2.49 bits per heavy atom. The fourth-order valence-electron chi connectivity index (χ4n) is 4.15. The lowest BCUT2D eigenvalue weighted by atomic mass is 10.1. The summed E-state index contributed by atoms with van der Waals surface area (Å²) in [5.74, 6) is -0.533. The van der Waals surface area contributed by atoms with Crippen LogP contribution < -0.4 is 15.4 Å². The number of urea groups is 1. The Labute approximate surface area is 239 Å². The van der Waals surface area contributed by atoms with Gasteiger partial charge in [-0.15, -0.1) is 0 Å². The molecule has 0 radical (unpaired) electrons. The van der Waals surface area contributed by atoms with Crippen LogP contribution >= 0.6 is 27.5 Å². The zero-order valence-corrected chi connectivity index (χ0v) is 23.5. The number of anilines is 1. The monoisotopic (exact) mass is 616 g/mol. The summed E-state index contributed by atoms with van der Waals surface area (Å²) in [5, 5.41) is 6.05. The van der Waals surface area contributed by atoms with Crippen LogP contribution in [-0.2, 0) is 16.1 Å². The van der Waals surface area contributed by atoms with E-state index >= 15 is 0 Å². The van der Waals surface area contributed by atoms with E-state index in [1.807, 2.05) is 12.1 Å². The first-order valence-corrected chi connectivity index (χ1v) is 13.4. The lowest BCUT2D eigenvalue weighted by Gasteiger charge is -2.32.